The van der Waals surface area contributed by atoms with Crippen molar-refractivity contribution < 1.29 is 23.2 Å². The lowest BCUT2D eigenvalue weighted by Crippen LogP contribution is -2.37. The van der Waals surface area contributed by atoms with E-state index in [0.717, 1.165) is 27.8 Å². The molecule has 5 nitrogen and oxygen atoms in total. The van der Waals surface area contributed by atoms with Crippen LogP contribution < -0.4 is 5.32 Å². The van der Waals surface area contributed by atoms with Crippen molar-refractivity contribution in [3.8, 4) is 0 Å². The zero-order valence-corrected chi connectivity index (χ0v) is 16.7. The van der Waals surface area contributed by atoms with Crippen LogP contribution in [0.15, 0.2) is 41.3 Å². The molecule has 0 aromatic heterocycles. The molecular formula is C20H15ClF2N2O3S. The van der Waals surface area contributed by atoms with Crippen molar-refractivity contribution in [3.05, 3.63) is 74.7 Å². The number of carbonyl (C=O) groups is 3. The molecule has 1 aliphatic rings. The second-order valence-corrected chi connectivity index (χ2v) is 7.65. The Morgan fingerprint density at radius 2 is 1.83 bits per heavy atom. The van der Waals surface area contributed by atoms with Gasteiger partial charge in [0, 0.05) is 13.1 Å². The van der Waals surface area contributed by atoms with E-state index < -0.39 is 28.7 Å². The van der Waals surface area contributed by atoms with Crippen molar-refractivity contribution in [1.29, 1.82) is 0 Å². The highest BCUT2D eigenvalue weighted by molar-refractivity contribution is 8.18. The van der Waals surface area contributed by atoms with Crippen molar-refractivity contribution in [2.24, 2.45) is 0 Å². The number of aryl methyl sites for hydroxylation is 1. The van der Waals surface area contributed by atoms with E-state index in [1.165, 1.54) is 0 Å². The lowest BCUT2D eigenvalue weighted by molar-refractivity contribution is -0.122. The molecule has 0 saturated carbocycles. The van der Waals surface area contributed by atoms with E-state index in [4.69, 9.17) is 11.6 Å². The maximum atomic E-state index is 13.3. The van der Waals surface area contributed by atoms with E-state index in [1.807, 2.05) is 31.2 Å². The van der Waals surface area contributed by atoms with E-state index >= 15 is 0 Å². The van der Waals surface area contributed by atoms with Crippen LogP contribution in [0.5, 0.6) is 0 Å². The van der Waals surface area contributed by atoms with Gasteiger partial charge in [0.15, 0.2) is 11.6 Å². The summed E-state index contributed by atoms with van der Waals surface area (Å²) in [6, 6.07) is 8.88. The molecule has 0 spiro atoms. The monoisotopic (exact) mass is 436 g/mol. The van der Waals surface area contributed by atoms with Gasteiger partial charge in [0.05, 0.1) is 15.5 Å². The molecule has 0 bridgehead atoms. The lowest BCUT2D eigenvalue weighted by Gasteiger charge is -2.13. The highest BCUT2D eigenvalue weighted by Gasteiger charge is 2.34. The Bertz CT molecular complexity index is 1030. The predicted molar refractivity (Wildman–Crippen MR) is 108 cm³/mol. The van der Waals surface area contributed by atoms with Gasteiger partial charge in [-0.05, 0) is 42.5 Å². The number of nitrogens with one attached hydrogen (secondary N) is 1. The number of rotatable bonds is 5. The number of imide groups is 1. The molecule has 1 fully saturated rings. The fourth-order valence-electron chi connectivity index (χ4n) is 2.58. The zero-order valence-electron chi connectivity index (χ0n) is 15.2. The molecule has 1 heterocycles. The van der Waals surface area contributed by atoms with Crippen LogP contribution in [0.25, 0.3) is 6.08 Å². The van der Waals surface area contributed by atoms with E-state index in [-0.39, 0.29) is 28.6 Å². The topological polar surface area (TPSA) is 66.5 Å². The Labute approximate surface area is 174 Å². The van der Waals surface area contributed by atoms with Crippen molar-refractivity contribution >= 4 is 46.5 Å². The number of hydrogen-bond acceptors (Lipinski definition) is 4. The van der Waals surface area contributed by atoms with Crippen LogP contribution in [-0.2, 0) is 4.79 Å². The van der Waals surface area contributed by atoms with E-state index in [2.05, 4.69) is 5.32 Å². The van der Waals surface area contributed by atoms with Crippen molar-refractivity contribution in [2.45, 2.75) is 6.92 Å². The summed E-state index contributed by atoms with van der Waals surface area (Å²) in [4.78, 5) is 38.0. The molecule has 1 saturated heterocycles. The summed E-state index contributed by atoms with van der Waals surface area (Å²) in [5.41, 5.74) is 1.63. The Morgan fingerprint density at radius 1 is 1.17 bits per heavy atom. The largest absolute Gasteiger partial charge is 0.350 e. The molecule has 2 aromatic rings. The first-order chi connectivity index (χ1) is 13.8. The van der Waals surface area contributed by atoms with Crippen LogP contribution in [0, 0.1) is 18.6 Å². The number of amides is 3. The minimum absolute atomic E-state index is 0.0655. The van der Waals surface area contributed by atoms with Gasteiger partial charge >= 0.3 is 0 Å². The van der Waals surface area contributed by atoms with Gasteiger partial charge in [0.2, 0.25) is 0 Å². The molecule has 3 rings (SSSR count). The Kier molecular flexibility index (Phi) is 6.34. The van der Waals surface area contributed by atoms with Crippen LogP contribution in [-0.4, -0.2) is 35.0 Å². The van der Waals surface area contributed by atoms with Crippen LogP contribution >= 0.6 is 23.4 Å². The number of nitrogens with zero attached hydrogens (tertiary/aromatic N) is 1. The van der Waals surface area contributed by atoms with Gasteiger partial charge in [-0.25, -0.2) is 8.78 Å². The van der Waals surface area contributed by atoms with E-state index in [0.29, 0.717) is 12.1 Å². The van der Waals surface area contributed by atoms with Gasteiger partial charge in [-0.3, -0.25) is 19.3 Å². The highest BCUT2D eigenvalue weighted by Crippen LogP contribution is 2.32. The molecule has 0 aliphatic carbocycles. The minimum atomic E-state index is -1.20. The SMILES string of the molecule is Cc1ccc(/C=C2\SC(=O)N(CCNC(=O)c3cc(F)c(F)cc3Cl)C2=O)cc1. The normalized spacial score (nSPS) is 15.3. The van der Waals surface area contributed by atoms with Crippen LogP contribution in [0.2, 0.25) is 5.02 Å². The van der Waals surface area contributed by atoms with Gasteiger partial charge in [-0.1, -0.05) is 41.4 Å². The fourth-order valence-corrected chi connectivity index (χ4v) is 3.68. The summed E-state index contributed by atoms with van der Waals surface area (Å²) < 4.78 is 26.4. The molecular weight excluding hydrogens is 422 g/mol. The molecule has 2 aromatic carbocycles. The van der Waals surface area contributed by atoms with Gasteiger partial charge in [0.1, 0.15) is 0 Å². The third kappa shape index (κ3) is 4.83. The fraction of sp³-hybridized carbons (Fsp3) is 0.150. The maximum absolute atomic E-state index is 13.3. The van der Waals surface area contributed by atoms with Crippen molar-refractivity contribution in [2.75, 3.05) is 13.1 Å². The average molecular weight is 437 g/mol. The first-order valence-electron chi connectivity index (χ1n) is 8.51. The smallest absolute Gasteiger partial charge is 0.293 e. The highest BCUT2D eigenvalue weighted by atomic mass is 35.5. The number of hydrogen-bond donors (Lipinski definition) is 1. The number of benzene rings is 2. The second kappa shape index (κ2) is 8.75. The molecule has 29 heavy (non-hydrogen) atoms. The lowest BCUT2D eigenvalue weighted by atomic mass is 10.1. The van der Waals surface area contributed by atoms with E-state index in [9.17, 15) is 23.2 Å². The van der Waals surface area contributed by atoms with Crippen molar-refractivity contribution in [1.82, 2.24) is 10.2 Å². The Hall–Kier alpha value is -2.71. The summed E-state index contributed by atoms with van der Waals surface area (Å²) >= 11 is 6.57. The van der Waals surface area contributed by atoms with Gasteiger partial charge < -0.3 is 5.32 Å². The van der Waals surface area contributed by atoms with Gasteiger partial charge in [-0.2, -0.15) is 0 Å². The zero-order chi connectivity index (χ0) is 21.1. The first-order valence-corrected chi connectivity index (χ1v) is 9.70. The summed E-state index contributed by atoms with van der Waals surface area (Å²) in [7, 11) is 0. The summed E-state index contributed by atoms with van der Waals surface area (Å²) in [6.45, 7) is 1.81. The summed E-state index contributed by atoms with van der Waals surface area (Å²) in [5, 5.41) is 1.75. The second-order valence-electron chi connectivity index (χ2n) is 6.25. The number of carbonyl (C=O) groups excluding carboxylic acids is 3. The quantitative estimate of drug-likeness (QED) is 0.557. The molecule has 9 heteroatoms. The number of thioether (sulfide) groups is 1. The van der Waals surface area contributed by atoms with Crippen LogP contribution in [0.4, 0.5) is 13.6 Å². The maximum Gasteiger partial charge on any atom is 0.293 e. The van der Waals surface area contributed by atoms with Gasteiger partial charge in [0.25, 0.3) is 17.1 Å². The third-order valence-electron chi connectivity index (χ3n) is 4.12. The van der Waals surface area contributed by atoms with Crippen molar-refractivity contribution in [3.63, 3.8) is 0 Å². The molecule has 0 atom stereocenters. The van der Waals surface area contributed by atoms with Gasteiger partial charge in [-0.15, -0.1) is 0 Å². The average Bonchev–Trinajstić information content (AvgIpc) is 2.93. The van der Waals surface area contributed by atoms with E-state index in [1.54, 1.807) is 6.08 Å². The standard InChI is InChI=1S/C20H15ClF2N2O3S/c1-11-2-4-12(5-3-11)8-17-19(27)25(20(28)29-17)7-6-24-18(26)13-9-15(22)16(23)10-14(13)21/h2-5,8-10H,6-7H2,1H3,(H,24,26)/b17-8-. The summed E-state index contributed by atoms with van der Waals surface area (Å²) in [5.74, 6) is -3.56. The van der Waals surface area contributed by atoms with Crippen LogP contribution in [0.3, 0.4) is 0 Å². The molecule has 1 aliphatic heterocycles. The molecule has 150 valence electrons. The minimum Gasteiger partial charge on any atom is -0.350 e. The molecule has 0 radical (unpaired) electrons. The number of halogens is 3. The predicted octanol–water partition coefficient (Wildman–Crippen LogP) is 4.39. The summed E-state index contributed by atoms with van der Waals surface area (Å²) in [6.07, 6.45) is 1.63. The third-order valence-corrected chi connectivity index (χ3v) is 5.34. The molecule has 1 N–H and O–H groups in total. The molecule has 0 unspecified atom stereocenters. The molecule has 3 amide bonds. The van der Waals surface area contributed by atoms with Crippen LogP contribution in [0.1, 0.15) is 21.5 Å². The Balaban J connectivity index is 1.61. The Morgan fingerprint density at radius 3 is 2.52 bits per heavy atom. The first kappa shape index (κ1) is 21.0.